The molecule has 1 aromatic carbocycles. The molecule has 0 aliphatic carbocycles. The number of benzene rings is 1. The van der Waals surface area contributed by atoms with E-state index in [-0.39, 0.29) is 11.3 Å². The van der Waals surface area contributed by atoms with Crippen LogP contribution in [0, 0.1) is 17.6 Å². The van der Waals surface area contributed by atoms with Crippen molar-refractivity contribution in [1.82, 2.24) is 0 Å². The average molecular weight is 332 g/mol. The summed E-state index contributed by atoms with van der Waals surface area (Å²) in [5.74, 6) is -0.952. The molecule has 0 saturated heterocycles. The molecule has 130 valence electrons. The molecule has 2 N–H and O–H groups in total. The van der Waals surface area contributed by atoms with Crippen molar-refractivity contribution in [3.63, 3.8) is 0 Å². The summed E-state index contributed by atoms with van der Waals surface area (Å²) in [7, 11) is 0. The van der Waals surface area contributed by atoms with E-state index in [0.29, 0.717) is 11.5 Å². The fraction of sp³-hybridized carbons (Fsp3) is 0.350. The van der Waals surface area contributed by atoms with Crippen LogP contribution in [0.4, 0.5) is 14.5 Å². The number of hydrogen-bond acceptors (Lipinski definition) is 2. The molecule has 0 amide bonds. The van der Waals surface area contributed by atoms with Crippen molar-refractivity contribution in [2.24, 2.45) is 10.9 Å². The Balaban J connectivity index is 3.12. The molecule has 4 heteroatoms. The predicted octanol–water partition coefficient (Wildman–Crippen LogP) is 5.92. The van der Waals surface area contributed by atoms with Crippen molar-refractivity contribution in [1.29, 1.82) is 0 Å². The molecule has 0 aliphatic heterocycles. The molecule has 0 spiro atoms. The number of nitrogens with zero attached hydrogens (tertiary/aromatic N) is 1. The highest BCUT2D eigenvalue weighted by molar-refractivity contribution is 5.77. The SMILES string of the molecule is C\C=C(/C=C\C(C)=C(/C)N=CC(C)CC)c1c(F)ccc(N)c1F. The van der Waals surface area contributed by atoms with Crippen molar-refractivity contribution < 1.29 is 8.78 Å². The second-order valence-corrected chi connectivity index (χ2v) is 5.84. The van der Waals surface area contributed by atoms with E-state index in [1.807, 2.05) is 20.1 Å². The lowest BCUT2D eigenvalue weighted by atomic mass is 10.0. The average Bonchev–Trinajstić information content (AvgIpc) is 2.58. The highest BCUT2D eigenvalue weighted by atomic mass is 19.1. The van der Waals surface area contributed by atoms with Gasteiger partial charge in [-0.3, -0.25) is 4.99 Å². The molecular formula is C20H26F2N2. The van der Waals surface area contributed by atoms with Crippen LogP contribution < -0.4 is 5.73 Å². The Labute approximate surface area is 143 Å². The minimum Gasteiger partial charge on any atom is -0.396 e. The minimum atomic E-state index is -0.735. The van der Waals surface area contributed by atoms with Crippen LogP contribution >= 0.6 is 0 Å². The Hall–Kier alpha value is -2.23. The maximum atomic E-state index is 14.2. The number of anilines is 1. The van der Waals surface area contributed by atoms with Crippen molar-refractivity contribution >= 4 is 17.5 Å². The highest BCUT2D eigenvalue weighted by Gasteiger charge is 2.14. The van der Waals surface area contributed by atoms with Gasteiger partial charge >= 0.3 is 0 Å². The zero-order valence-electron chi connectivity index (χ0n) is 15.0. The molecule has 1 aromatic rings. The van der Waals surface area contributed by atoms with Crippen LogP contribution in [0.1, 0.15) is 46.6 Å². The van der Waals surface area contributed by atoms with Gasteiger partial charge in [-0.1, -0.05) is 32.1 Å². The Kier molecular flexibility index (Phi) is 7.56. The Morgan fingerprint density at radius 3 is 2.50 bits per heavy atom. The summed E-state index contributed by atoms with van der Waals surface area (Å²) in [6.07, 6.45) is 8.09. The lowest BCUT2D eigenvalue weighted by Crippen LogP contribution is -1.99. The van der Waals surface area contributed by atoms with Gasteiger partial charge in [-0.05, 0) is 56.4 Å². The monoisotopic (exact) mass is 332 g/mol. The summed E-state index contributed by atoms with van der Waals surface area (Å²) in [5, 5.41) is 0. The molecule has 1 unspecified atom stereocenters. The van der Waals surface area contributed by atoms with Gasteiger partial charge in [0.25, 0.3) is 0 Å². The maximum Gasteiger partial charge on any atom is 0.156 e. The topological polar surface area (TPSA) is 38.4 Å². The quantitative estimate of drug-likeness (QED) is 0.392. The Morgan fingerprint density at radius 2 is 1.92 bits per heavy atom. The molecule has 0 bridgehead atoms. The highest BCUT2D eigenvalue weighted by Crippen LogP contribution is 2.27. The number of hydrogen-bond donors (Lipinski definition) is 1. The van der Waals surface area contributed by atoms with Gasteiger partial charge < -0.3 is 5.73 Å². The molecule has 24 heavy (non-hydrogen) atoms. The summed E-state index contributed by atoms with van der Waals surface area (Å²) in [5.41, 5.74) is 7.61. The van der Waals surface area contributed by atoms with Crippen LogP contribution in [0.5, 0.6) is 0 Å². The van der Waals surface area contributed by atoms with E-state index in [9.17, 15) is 8.78 Å². The van der Waals surface area contributed by atoms with Gasteiger partial charge in [0.05, 0.1) is 11.3 Å². The Morgan fingerprint density at radius 1 is 1.25 bits per heavy atom. The van der Waals surface area contributed by atoms with Gasteiger partial charge in [0.1, 0.15) is 5.82 Å². The largest absolute Gasteiger partial charge is 0.396 e. The van der Waals surface area contributed by atoms with Crippen LogP contribution in [0.15, 0.2) is 46.6 Å². The molecule has 0 heterocycles. The van der Waals surface area contributed by atoms with Crippen LogP contribution in [0.3, 0.4) is 0 Å². The first-order valence-corrected chi connectivity index (χ1v) is 8.11. The van der Waals surface area contributed by atoms with E-state index < -0.39 is 11.6 Å². The van der Waals surface area contributed by atoms with E-state index in [1.54, 1.807) is 25.2 Å². The number of nitrogen functional groups attached to an aromatic ring is 1. The summed E-state index contributed by atoms with van der Waals surface area (Å²) < 4.78 is 28.1. The van der Waals surface area contributed by atoms with Crippen LogP contribution in [0.2, 0.25) is 0 Å². The maximum absolute atomic E-state index is 14.2. The van der Waals surface area contributed by atoms with Crippen molar-refractivity contribution in [3.8, 4) is 0 Å². The second-order valence-electron chi connectivity index (χ2n) is 5.84. The van der Waals surface area contributed by atoms with Gasteiger partial charge in [0.15, 0.2) is 5.82 Å². The lowest BCUT2D eigenvalue weighted by molar-refractivity contribution is 0.580. The molecule has 0 aliphatic rings. The Bertz CT molecular complexity index is 698. The third-order valence-corrected chi connectivity index (χ3v) is 3.97. The van der Waals surface area contributed by atoms with Crippen molar-refractivity contribution in [2.75, 3.05) is 5.73 Å². The molecule has 1 atom stereocenters. The molecule has 0 saturated carbocycles. The first-order chi connectivity index (χ1) is 11.3. The second kappa shape index (κ2) is 9.16. The third kappa shape index (κ3) is 5.15. The lowest BCUT2D eigenvalue weighted by Gasteiger charge is -2.08. The van der Waals surface area contributed by atoms with Crippen molar-refractivity contribution in [2.45, 2.75) is 41.0 Å². The van der Waals surface area contributed by atoms with Gasteiger partial charge in [-0.2, -0.15) is 0 Å². The standard InChI is InChI=1S/C20H26F2N2/c1-6-13(3)12-24-15(5)14(4)8-9-16(7-2)19-17(21)10-11-18(23)20(19)22/h7-13H,6,23H2,1-5H3/b9-8-,15-14+,16-7+,24-12?. The number of allylic oxidation sites excluding steroid dienone is 6. The minimum absolute atomic E-state index is 0.0688. The summed E-state index contributed by atoms with van der Waals surface area (Å²) in [6.45, 7) is 9.77. The van der Waals surface area contributed by atoms with E-state index in [0.717, 1.165) is 17.7 Å². The molecule has 2 nitrogen and oxygen atoms in total. The van der Waals surface area contributed by atoms with E-state index in [4.69, 9.17) is 5.73 Å². The van der Waals surface area contributed by atoms with Gasteiger partial charge in [-0.15, -0.1) is 0 Å². The first-order valence-electron chi connectivity index (χ1n) is 8.11. The number of nitrogens with two attached hydrogens (primary N) is 1. The van der Waals surface area contributed by atoms with E-state index >= 15 is 0 Å². The molecule has 1 rings (SSSR count). The van der Waals surface area contributed by atoms with Crippen LogP contribution in [-0.2, 0) is 0 Å². The summed E-state index contributed by atoms with van der Waals surface area (Å²) >= 11 is 0. The molecule has 0 radical (unpaired) electrons. The third-order valence-electron chi connectivity index (χ3n) is 3.97. The smallest absolute Gasteiger partial charge is 0.156 e. The summed E-state index contributed by atoms with van der Waals surface area (Å²) in [4.78, 5) is 4.44. The van der Waals surface area contributed by atoms with Gasteiger partial charge in [0, 0.05) is 11.9 Å². The van der Waals surface area contributed by atoms with Gasteiger partial charge in [0.2, 0.25) is 0 Å². The fourth-order valence-corrected chi connectivity index (χ4v) is 1.94. The first kappa shape index (κ1) is 19.8. The molecular weight excluding hydrogens is 306 g/mol. The predicted molar refractivity (Wildman–Crippen MR) is 99.9 cm³/mol. The zero-order valence-corrected chi connectivity index (χ0v) is 15.0. The molecule has 0 fully saturated rings. The normalized spacial score (nSPS) is 15.2. The fourth-order valence-electron chi connectivity index (χ4n) is 1.94. The zero-order chi connectivity index (χ0) is 18.3. The summed E-state index contributed by atoms with van der Waals surface area (Å²) in [6, 6.07) is 2.40. The van der Waals surface area contributed by atoms with Crippen molar-refractivity contribution in [3.05, 3.63) is 58.8 Å². The van der Waals surface area contributed by atoms with E-state index in [2.05, 4.69) is 18.8 Å². The molecule has 0 aromatic heterocycles. The van der Waals surface area contributed by atoms with Crippen LogP contribution in [-0.4, -0.2) is 6.21 Å². The number of halogens is 2. The number of aliphatic imine (C=N–C) groups is 1. The van der Waals surface area contributed by atoms with Crippen LogP contribution in [0.25, 0.3) is 5.57 Å². The number of rotatable bonds is 6. The van der Waals surface area contributed by atoms with E-state index in [1.165, 1.54) is 12.1 Å². The van der Waals surface area contributed by atoms with Gasteiger partial charge in [-0.25, -0.2) is 8.78 Å².